The van der Waals surface area contributed by atoms with Gasteiger partial charge in [-0.05, 0) is 30.0 Å². The first-order valence-corrected chi connectivity index (χ1v) is 7.76. The third-order valence-corrected chi connectivity index (χ3v) is 4.54. The van der Waals surface area contributed by atoms with Crippen molar-refractivity contribution in [3.05, 3.63) is 29.8 Å². The van der Waals surface area contributed by atoms with E-state index in [1.807, 2.05) is 29.2 Å². The van der Waals surface area contributed by atoms with E-state index in [0.717, 1.165) is 29.6 Å². The van der Waals surface area contributed by atoms with Crippen molar-refractivity contribution in [2.75, 3.05) is 19.0 Å². The highest BCUT2D eigenvalue weighted by Crippen LogP contribution is 2.26. The number of rotatable bonds is 4. The Kier molecular flexibility index (Phi) is 4.86. The van der Waals surface area contributed by atoms with Crippen molar-refractivity contribution in [1.82, 2.24) is 4.90 Å². The lowest BCUT2D eigenvalue weighted by Crippen LogP contribution is -2.39. The fraction of sp³-hybridized carbons (Fsp3) is 0.533. The molecule has 1 heterocycles. The Morgan fingerprint density at radius 1 is 1.42 bits per heavy atom. The summed E-state index contributed by atoms with van der Waals surface area (Å²) in [5, 5.41) is 0.864. The smallest absolute Gasteiger partial charge is 0.227 e. The van der Waals surface area contributed by atoms with Crippen molar-refractivity contribution in [1.29, 1.82) is 0 Å². The quantitative estimate of drug-likeness (QED) is 0.797. The molecule has 19 heavy (non-hydrogen) atoms. The number of amides is 1. The second kappa shape index (κ2) is 6.42. The fourth-order valence-electron chi connectivity index (χ4n) is 2.57. The van der Waals surface area contributed by atoms with E-state index in [-0.39, 0.29) is 5.91 Å². The number of carbonyl (C=O) groups is 1. The summed E-state index contributed by atoms with van der Waals surface area (Å²) in [6, 6.07) is 8.05. The van der Waals surface area contributed by atoms with Gasteiger partial charge in [-0.3, -0.25) is 4.79 Å². The van der Waals surface area contributed by atoms with Crippen LogP contribution in [-0.2, 0) is 11.2 Å². The Hall–Kier alpha value is -1.03. The lowest BCUT2D eigenvalue weighted by molar-refractivity contribution is -0.131. The van der Waals surface area contributed by atoms with Crippen LogP contribution in [0, 0.1) is 5.92 Å². The number of nitrogens with zero attached hydrogens (tertiary/aromatic N) is 1. The Morgan fingerprint density at radius 2 is 2.11 bits per heavy atom. The molecule has 1 aliphatic rings. The van der Waals surface area contributed by atoms with E-state index in [0.29, 0.717) is 18.4 Å². The minimum atomic E-state index is 0.221. The molecule has 0 bridgehead atoms. The van der Waals surface area contributed by atoms with Gasteiger partial charge in [0.2, 0.25) is 5.91 Å². The van der Waals surface area contributed by atoms with Crippen LogP contribution in [0.4, 0.5) is 0 Å². The second-order valence-electron chi connectivity index (χ2n) is 5.10. The normalized spacial score (nSPS) is 22.6. The highest BCUT2D eigenvalue weighted by molar-refractivity contribution is 9.09. The van der Waals surface area contributed by atoms with E-state index >= 15 is 0 Å². The minimum Gasteiger partial charge on any atom is -0.497 e. The predicted octanol–water partition coefficient (Wildman–Crippen LogP) is 2.87. The number of halogens is 1. The lowest BCUT2D eigenvalue weighted by atomic mass is 10.0. The summed E-state index contributed by atoms with van der Waals surface area (Å²) in [7, 11) is 1.65. The van der Waals surface area contributed by atoms with Gasteiger partial charge in [-0.2, -0.15) is 0 Å². The number of ether oxygens (including phenoxy) is 1. The first-order chi connectivity index (χ1) is 9.15. The van der Waals surface area contributed by atoms with Crippen molar-refractivity contribution in [2.45, 2.75) is 25.8 Å². The molecule has 104 valence electrons. The molecule has 0 spiro atoms. The summed E-state index contributed by atoms with van der Waals surface area (Å²) < 4.78 is 5.12. The first-order valence-electron chi connectivity index (χ1n) is 6.64. The highest BCUT2D eigenvalue weighted by atomic mass is 79.9. The van der Waals surface area contributed by atoms with Crippen LogP contribution in [0.5, 0.6) is 5.75 Å². The Labute approximate surface area is 123 Å². The topological polar surface area (TPSA) is 29.5 Å². The molecule has 1 aliphatic heterocycles. The summed E-state index contributed by atoms with van der Waals surface area (Å²) in [5.74, 6) is 1.63. The SMILES string of the molecule is COc1ccc(CC(=O)N2CCC(C)C2CBr)cc1. The average Bonchev–Trinajstić information content (AvgIpc) is 2.80. The predicted molar refractivity (Wildman–Crippen MR) is 79.8 cm³/mol. The highest BCUT2D eigenvalue weighted by Gasteiger charge is 2.33. The molecule has 3 nitrogen and oxygen atoms in total. The summed E-state index contributed by atoms with van der Waals surface area (Å²) in [4.78, 5) is 14.4. The number of benzene rings is 1. The fourth-order valence-corrected chi connectivity index (χ4v) is 3.56. The maximum absolute atomic E-state index is 12.4. The minimum absolute atomic E-state index is 0.221. The van der Waals surface area contributed by atoms with Gasteiger partial charge < -0.3 is 9.64 Å². The largest absolute Gasteiger partial charge is 0.497 e. The lowest BCUT2D eigenvalue weighted by Gasteiger charge is -2.25. The number of alkyl halides is 1. The molecule has 0 radical (unpaired) electrons. The van der Waals surface area contributed by atoms with E-state index in [4.69, 9.17) is 4.74 Å². The van der Waals surface area contributed by atoms with E-state index in [1.165, 1.54) is 0 Å². The molecule has 1 saturated heterocycles. The molecule has 0 N–H and O–H groups in total. The van der Waals surface area contributed by atoms with Crippen LogP contribution in [0.25, 0.3) is 0 Å². The Bertz CT molecular complexity index is 432. The molecule has 0 aromatic heterocycles. The van der Waals surface area contributed by atoms with Gasteiger partial charge in [0.25, 0.3) is 0 Å². The van der Waals surface area contributed by atoms with Crippen LogP contribution in [0.3, 0.4) is 0 Å². The summed E-state index contributed by atoms with van der Waals surface area (Å²) in [6.45, 7) is 3.10. The van der Waals surface area contributed by atoms with Crippen molar-refractivity contribution < 1.29 is 9.53 Å². The maximum atomic E-state index is 12.4. The molecule has 1 fully saturated rings. The molecule has 2 unspecified atom stereocenters. The van der Waals surface area contributed by atoms with Gasteiger partial charge in [-0.15, -0.1) is 0 Å². The number of carbonyl (C=O) groups excluding carboxylic acids is 1. The molecule has 1 amide bonds. The molecule has 4 heteroatoms. The molecule has 2 atom stereocenters. The van der Waals surface area contributed by atoms with Gasteiger partial charge >= 0.3 is 0 Å². The van der Waals surface area contributed by atoms with Gasteiger partial charge in [-0.1, -0.05) is 35.0 Å². The first kappa shape index (κ1) is 14.4. The van der Waals surface area contributed by atoms with Crippen LogP contribution >= 0.6 is 15.9 Å². The molecule has 1 aromatic carbocycles. The van der Waals surface area contributed by atoms with Crippen LogP contribution in [0.15, 0.2) is 24.3 Å². The number of hydrogen-bond acceptors (Lipinski definition) is 2. The summed E-state index contributed by atoms with van der Waals surface area (Å²) >= 11 is 3.52. The summed E-state index contributed by atoms with van der Waals surface area (Å²) in [5.41, 5.74) is 1.04. The number of hydrogen-bond donors (Lipinski definition) is 0. The average molecular weight is 326 g/mol. The zero-order chi connectivity index (χ0) is 13.8. The van der Waals surface area contributed by atoms with E-state index < -0.39 is 0 Å². The number of methoxy groups -OCH3 is 1. The molecular weight excluding hydrogens is 306 g/mol. The standard InChI is InChI=1S/C15H20BrNO2/c1-11-7-8-17(14(11)10-16)15(18)9-12-3-5-13(19-2)6-4-12/h3-6,11,14H,7-10H2,1-2H3. The third kappa shape index (κ3) is 3.30. The van der Waals surface area contributed by atoms with Gasteiger partial charge in [0.15, 0.2) is 0 Å². The van der Waals surface area contributed by atoms with Crippen molar-refractivity contribution in [2.24, 2.45) is 5.92 Å². The molecule has 1 aromatic rings. The van der Waals surface area contributed by atoms with Crippen molar-refractivity contribution in [3.8, 4) is 5.75 Å². The second-order valence-corrected chi connectivity index (χ2v) is 5.75. The van der Waals surface area contributed by atoms with Crippen LogP contribution < -0.4 is 4.74 Å². The van der Waals surface area contributed by atoms with Gasteiger partial charge in [0, 0.05) is 17.9 Å². The van der Waals surface area contributed by atoms with Crippen molar-refractivity contribution in [3.63, 3.8) is 0 Å². The van der Waals surface area contributed by atoms with Crippen LogP contribution in [-0.4, -0.2) is 35.8 Å². The van der Waals surface area contributed by atoms with Gasteiger partial charge in [0.05, 0.1) is 13.5 Å². The Balaban J connectivity index is 2.00. The molecule has 2 rings (SSSR count). The van der Waals surface area contributed by atoms with E-state index in [2.05, 4.69) is 22.9 Å². The molecule has 0 saturated carbocycles. The number of likely N-dealkylation sites (tertiary alicyclic amines) is 1. The van der Waals surface area contributed by atoms with Crippen LogP contribution in [0.1, 0.15) is 18.9 Å². The molecule has 0 aliphatic carbocycles. The van der Waals surface area contributed by atoms with E-state index in [1.54, 1.807) is 7.11 Å². The molecular formula is C15H20BrNO2. The zero-order valence-electron chi connectivity index (χ0n) is 11.4. The third-order valence-electron chi connectivity index (χ3n) is 3.88. The zero-order valence-corrected chi connectivity index (χ0v) is 13.0. The van der Waals surface area contributed by atoms with Gasteiger partial charge in [-0.25, -0.2) is 0 Å². The monoisotopic (exact) mass is 325 g/mol. The summed E-state index contributed by atoms with van der Waals surface area (Å²) in [6.07, 6.45) is 1.57. The van der Waals surface area contributed by atoms with Crippen LogP contribution in [0.2, 0.25) is 0 Å². The maximum Gasteiger partial charge on any atom is 0.227 e. The van der Waals surface area contributed by atoms with Crippen molar-refractivity contribution >= 4 is 21.8 Å². The Morgan fingerprint density at radius 3 is 2.68 bits per heavy atom. The van der Waals surface area contributed by atoms with E-state index in [9.17, 15) is 4.79 Å². The van der Waals surface area contributed by atoms with Gasteiger partial charge in [0.1, 0.15) is 5.75 Å².